The van der Waals surface area contributed by atoms with Crippen LogP contribution in [0.15, 0.2) is 6.33 Å². The molecule has 1 saturated heterocycles. The molecule has 1 aliphatic heterocycles. The first-order valence-corrected chi connectivity index (χ1v) is 6.75. The quantitative estimate of drug-likeness (QED) is 0.844. The predicted molar refractivity (Wildman–Crippen MR) is 69.8 cm³/mol. The molecule has 1 aliphatic rings. The molecule has 0 amide bonds. The third-order valence-electron chi connectivity index (χ3n) is 2.89. The number of nitrogens with one attached hydrogen (secondary N) is 1. The monoisotopic (exact) mass is 238 g/mol. The van der Waals surface area contributed by atoms with Crippen LogP contribution in [0.2, 0.25) is 0 Å². The molecule has 1 aromatic heterocycles. The van der Waals surface area contributed by atoms with Gasteiger partial charge in [-0.15, -0.1) is 0 Å². The Balaban J connectivity index is 1.91. The van der Waals surface area contributed by atoms with Crippen LogP contribution in [-0.4, -0.2) is 27.5 Å². The van der Waals surface area contributed by atoms with Crippen molar-refractivity contribution in [3.63, 3.8) is 0 Å². The Labute approximate surface area is 100 Å². The molecule has 0 aliphatic carbocycles. The summed E-state index contributed by atoms with van der Waals surface area (Å²) >= 11 is 2.06. The fraction of sp³-hybridized carbons (Fsp3) is 0.636. The third kappa shape index (κ3) is 2.78. The standard InChI is InChI=1S/C11H18N4S/c1-8-10(12)14-7-15-11(8)13-6-9-4-2-3-5-16-9/h7,9H,2-6H2,1H3,(H3,12,13,14,15). The van der Waals surface area contributed by atoms with Crippen LogP contribution in [0.25, 0.3) is 0 Å². The van der Waals surface area contributed by atoms with Gasteiger partial charge in [-0.1, -0.05) is 6.42 Å². The number of rotatable bonds is 3. The maximum Gasteiger partial charge on any atom is 0.134 e. The minimum atomic E-state index is 0.564. The molecular formula is C11H18N4S. The molecule has 0 saturated carbocycles. The van der Waals surface area contributed by atoms with Crippen molar-refractivity contribution in [3.05, 3.63) is 11.9 Å². The largest absolute Gasteiger partial charge is 0.383 e. The highest BCUT2D eigenvalue weighted by atomic mass is 32.2. The third-order valence-corrected chi connectivity index (χ3v) is 4.29. The Morgan fingerprint density at radius 3 is 3.12 bits per heavy atom. The molecule has 0 bridgehead atoms. The van der Waals surface area contributed by atoms with Gasteiger partial charge in [-0.2, -0.15) is 11.8 Å². The van der Waals surface area contributed by atoms with Crippen LogP contribution in [0.4, 0.5) is 11.6 Å². The maximum absolute atomic E-state index is 5.73. The van der Waals surface area contributed by atoms with E-state index in [0.717, 1.165) is 17.9 Å². The van der Waals surface area contributed by atoms with E-state index in [4.69, 9.17) is 5.73 Å². The van der Waals surface area contributed by atoms with Gasteiger partial charge < -0.3 is 11.1 Å². The van der Waals surface area contributed by atoms with Gasteiger partial charge in [-0.25, -0.2) is 9.97 Å². The van der Waals surface area contributed by atoms with Gasteiger partial charge in [0.2, 0.25) is 0 Å². The Morgan fingerprint density at radius 2 is 2.38 bits per heavy atom. The number of aromatic nitrogens is 2. The maximum atomic E-state index is 5.73. The summed E-state index contributed by atoms with van der Waals surface area (Å²) < 4.78 is 0. The van der Waals surface area contributed by atoms with Gasteiger partial charge in [-0.05, 0) is 25.5 Å². The normalized spacial score (nSPS) is 20.7. The number of anilines is 2. The highest BCUT2D eigenvalue weighted by Gasteiger charge is 2.14. The average Bonchev–Trinajstić information content (AvgIpc) is 2.32. The van der Waals surface area contributed by atoms with Gasteiger partial charge in [0.05, 0.1) is 0 Å². The second-order valence-corrected chi connectivity index (χ2v) is 5.51. The summed E-state index contributed by atoms with van der Waals surface area (Å²) in [4.78, 5) is 8.17. The van der Waals surface area contributed by atoms with Gasteiger partial charge >= 0.3 is 0 Å². The van der Waals surface area contributed by atoms with Gasteiger partial charge in [0.15, 0.2) is 0 Å². The van der Waals surface area contributed by atoms with E-state index < -0.39 is 0 Å². The Morgan fingerprint density at radius 1 is 1.50 bits per heavy atom. The number of hydrogen-bond donors (Lipinski definition) is 2. The van der Waals surface area contributed by atoms with Crippen LogP contribution in [0, 0.1) is 6.92 Å². The number of thioether (sulfide) groups is 1. The Kier molecular flexibility index (Phi) is 3.88. The van der Waals surface area contributed by atoms with E-state index in [1.54, 1.807) is 0 Å². The highest BCUT2D eigenvalue weighted by Crippen LogP contribution is 2.25. The fourth-order valence-corrected chi connectivity index (χ4v) is 3.06. The lowest BCUT2D eigenvalue weighted by Gasteiger charge is -2.22. The Bertz CT molecular complexity index is 350. The molecule has 2 heterocycles. The van der Waals surface area contributed by atoms with E-state index in [9.17, 15) is 0 Å². The molecule has 0 aromatic carbocycles. The van der Waals surface area contributed by atoms with E-state index >= 15 is 0 Å². The summed E-state index contributed by atoms with van der Waals surface area (Å²) in [6.07, 6.45) is 5.53. The van der Waals surface area contributed by atoms with Crippen LogP contribution in [0.1, 0.15) is 24.8 Å². The van der Waals surface area contributed by atoms with Gasteiger partial charge in [0, 0.05) is 17.4 Å². The summed E-state index contributed by atoms with van der Waals surface area (Å²) in [7, 11) is 0. The lowest BCUT2D eigenvalue weighted by atomic mass is 10.2. The summed E-state index contributed by atoms with van der Waals surface area (Å²) in [6, 6.07) is 0. The second-order valence-electron chi connectivity index (χ2n) is 4.10. The average molecular weight is 238 g/mol. The van der Waals surface area contributed by atoms with Crippen LogP contribution in [0.5, 0.6) is 0 Å². The summed E-state index contributed by atoms with van der Waals surface area (Å²) in [6.45, 7) is 2.92. The highest BCUT2D eigenvalue weighted by molar-refractivity contribution is 7.99. The van der Waals surface area contributed by atoms with E-state index in [1.807, 2.05) is 6.92 Å². The molecule has 4 nitrogen and oxygen atoms in total. The van der Waals surface area contributed by atoms with Gasteiger partial charge in [0.25, 0.3) is 0 Å². The lowest BCUT2D eigenvalue weighted by Crippen LogP contribution is -2.21. The van der Waals surface area contributed by atoms with Crippen molar-refractivity contribution >= 4 is 23.4 Å². The number of hydrogen-bond acceptors (Lipinski definition) is 5. The summed E-state index contributed by atoms with van der Waals surface area (Å²) in [5.74, 6) is 2.73. The lowest BCUT2D eigenvalue weighted by molar-refractivity contribution is 0.676. The Hall–Kier alpha value is -0.970. The van der Waals surface area contributed by atoms with E-state index in [2.05, 4.69) is 27.0 Å². The summed E-state index contributed by atoms with van der Waals surface area (Å²) in [5.41, 5.74) is 6.68. The first-order valence-electron chi connectivity index (χ1n) is 5.70. The van der Waals surface area contributed by atoms with Crippen LogP contribution < -0.4 is 11.1 Å². The van der Waals surface area contributed by atoms with Crippen molar-refractivity contribution in [3.8, 4) is 0 Å². The number of nitrogens with two attached hydrogens (primary N) is 1. The second kappa shape index (κ2) is 5.39. The van der Waals surface area contributed by atoms with E-state index in [0.29, 0.717) is 11.1 Å². The van der Waals surface area contributed by atoms with Gasteiger partial charge in [0.1, 0.15) is 18.0 Å². The van der Waals surface area contributed by atoms with E-state index in [-0.39, 0.29) is 0 Å². The molecule has 2 rings (SSSR count). The van der Waals surface area contributed by atoms with Crippen LogP contribution in [-0.2, 0) is 0 Å². The van der Waals surface area contributed by atoms with Crippen molar-refractivity contribution < 1.29 is 0 Å². The van der Waals surface area contributed by atoms with Crippen molar-refractivity contribution in [2.75, 3.05) is 23.3 Å². The molecule has 1 atom stereocenters. The molecule has 3 N–H and O–H groups in total. The number of nitrogen functional groups attached to an aromatic ring is 1. The zero-order valence-electron chi connectivity index (χ0n) is 9.57. The molecular weight excluding hydrogens is 220 g/mol. The van der Waals surface area contributed by atoms with Crippen molar-refractivity contribution in [2.24, 2.45) is 0 Å². The van der Waals surface area contributed by atoms with Crippen molar-refractivity contribution in [1.29, 1.82) is 0 Å². The topological polar surface area (TPSA) is 63.8 Å². The van der Waals surface area contributed by atoms with Crippen molar-refractivity contribution in [2.45, 2.75) is 31.4 Å². The van der Waals surface area contributed by atoms with Crippen LogP contribution >= 0.6 is 11.8 Å². The molecule has 88 valence electrons. The fourth-order valence-electron chi connectivity index (χ4n) is 1.82. The molecule has 1 aromatic rings. The minimum absolute atomic E-state index is 0.564. The summed E-state index contributed by atoms with van der Waals surface area (Å²) in [5, 5.41) is 4.08. The molecule has 16 heavy (non-hydrogen) atoms. The first kappa shape index (κ1) is 11.5. The zero-order valence-corrected chi connectivity index (χ0v) is 10.4. The molecule has 5 heteroatoms. The zero-order chi connectivity index (χ0) is 11.4. The molecule has 0 radical (unpaired) electrons. The minimum Gasteiger partial charge on any atom is -0.383 e. The SMILES string of the molecule is Cc1c(N)ncnc1NCC1CCCCS1. The van der Waals surface area contributed by atoms with Crippen LogP contribution in [0.3, 0.4) is 0 Å². The first-order chi connectivity index (χ1) is 7.77. The van der Waals surface area contributed by atoms with Gasteiger partial charge in [-0.3, -0.25) is 0 Å². The van der Waals surface area contributed by atoms with E-state index in [1.165, 1.54) is 31.3 Å². The molecule has 1 fully saturated rings. The molecule has 0 spiro atoms. The smallest absolute Gasteiger partial charge is 0.134 e. The predicted octanol–water partition coefficient (Wildman–Crippen LogP) is 2.06. The van der Waals surface area contributed by atoms with Crippen molar-refractivity contribution in [1.82, 2.24) is 9.97 Å². The number of nitrogens with zero attached hydrogens (tertiary/aromatic N) is 2. The molecule has 1 unspecified atom stereocenters.